The Hall–Kier alpha value is -0.970. The third kappa shape index (κ3) is 2.02. The summed E-state index contributed by atoms with van der Waals surface area (Å²) in [5.74, 6) is -0.278. The van der Waals surface area contributed by atoms with Crippen molar-refractivity contribution in [2.45, 2.75) is 6.54 Å². The minimum absolute atomic E-state index is 0.278. The summed E-state index contributed by atoms with van der Waals surface area (Å²) in [6.07, 6.45) is 0. The first kappa shape index (κ1) is 10.5. The van der Waals surface area contributed by atoms with E-state index in [2.05, 4.69) is 4.37 Å². The molecule has 1 aromatic carbocycles. The lowest BCUT2D eigenvalue weighted by Crippen LogP contribution is -1.96. The van der Waals surface area contributed by atoms with Gasteiger partial charge in [-0.15, -0.1) is 0 Å². The summed E-state index contributed by atoms with van der Waals surface area (Å²) in [5, 5.41) is 0.404. The molecule has 0 saturated heterocycles. The molecule has 2 N–H and O–H groups in total. The van der Waals surface area contributed by atoms with Crippen LogP contribution in [-0.4, -0.2) is 4.37 Å². The van der Waals surface area contributed by atoms with Crippen LogP contribution in [0.25, 0.3) is 10.4 Å². The molecule has 0 aliphatic rings. The Kier molecular flexibility index (Phi) is 3.00. The molecule has 0 saturated carbocycles. The molecule has 0 amide bonds. The molecule has 5 heteroatoms. The number of halogens is 2. The van der Waals surface area contributed by atoms with E-state index < -0.39 is 0 Å². The Morgan fingerprint density at radius 2 is 2.27 bits per heavy atom. The van der Waals surface area contributed by atoms with E-state index >= 15 is 0 Å². The number of hydrogen-bond donors (Lipinski definition) is 1. The van der Waals surface area contributed by atoms with Crippen molar-refractivity contribution < 1.29 is 4.39 Å². The van der Waals surface area contributed by atoms with E-state index in [1.165, 1.54) is 23.7 Å². The fourth-order valence-electron chi connectivity index (χ4n) is 1.32. The minimum Gasteiger partial charge on any atom is -0.326 e. The predicted molar refractivity (Wildman–Crippen MR) is 60.4 cm³/mol. The van der Waals surface area contributed by atoms with Crippen molar-refractivity contribution in [3.8, 4) is 10.4 Å². The quantitative estimate of drug-likeness (QED) is 0.879. The molecule has 1 aromatic heterocycles. The fraction of sp³-hybridized carbons (Fsp3) is 0.100. The van der Waals surface area contributed by atoms with Gasteiger partial charge in [0.2, 0.25) is 0 Å². The highest BCUT2D eigenvalue weighted by Gasteiger charge is 2.12. The fourth-order valence-corrected chi connectivity index (χ4v) is 2.46. The van der Waals surface area contributed by atoms with Gasteiger partial charge in [0.15, 0.2) is 0 Å². The first-order chi connectivity index (χ1) is 7.22. The Morgan fingerprint density at radius 1 is 1.47 bits per heavy atom. The van der Waals surface area contributed by atoms with Crippen LogP contribution in [0, 0.1) is 5.82 Å². The van der Waals surface area contributed by atoms with Crippen molar-refractivity contribution in [3.05, 3.63) is 40.8 Å². The van der Waals surface area contributed by atoms with Crippen LogP contribution < -0.4 is 5.73 Å². The average Bonchev–Trinajstić information content (AvgIpc) is 2.59. The summed E-state index contributed by atoms with van der Waals surface area (Å²) in [5.41, 5.74) is 7.09. The van der Waals surface area contributed by atoms with Gasteiger partial charge in [-0.2, -0.15) is 4.37 Å². The van der Waals surface area contributed by atoms with Crippen LogP contribution in [-0.2, 0) is 6.54 Å². The topological polar surface area (TPSA) is 38.9 Å². The van der Waals surface area contributed by atoms with Crippen molar-refractivity contribution in [2.24, 2.45) is 5.73 Å². The number of nitrogens with zero attached hydrogens (tertiary/aromatic N) is 1. The number of benzene rings is 1. The summed E-state index contributed by atoms with van der Waals surface area (Å²) < 4.78 is 17.0. The first-order valence-corrected chi connectivity index (χ1v) is 5.47. The Bertz CT molecular complexity index is 484. The van der Waals surface area contributed by atoms with Gasteiger partial charge in [-0.05, 0) is 29.2 Å². The monoisotopic (exact) mass is 242 g/mol. The zero-order valence-corrected chi connectivity index (χ0v) is 9.28. The zero-order valence-electron chi connectivity index (χ0n) is 7.71. The second-order valence-corrected chi connectivity index (χ2v) is 4.13. The van der Waals surface area contributed by atoms with Crippen LogP contribution in [0.1, 0.15) is 5.56 Å². The van der Waals surface area contributed by atoms with Gasteiger partial charge < -0.3 is 5.73 Å². The van der Waals surface area contributed by atoms with E-state index in [0.717, 1.165) is 16.0 Å². The molecular formula is C10H8ClFN2S. The lowest BCUT2D eigenvalue weighted by molar-refractivity contribution is 0.628. The highest BCUT2D eigenvalue weighted by Crippen LogP contribution is 2.32. The summed E-state index contributed by atoms with van der Waals surface area (Å²) >= 11 is 7.09. The molecule has 2 rings (SSSR count). The smallest absolute Gasteiger partial charge is 0.147 e. The highest BCUT2D eigenvalue weighted by molar-refractivity contribution is 7.10. The summed E-state index contributed by atoms with van der Waals surface area (Å²) in [7, 11) is 0. The third-order valence-electron chi connectivity index (χ3n) is 2.03. The van der Waals surface area contributed by atoms with Gasteiger partial charge in [-0.3, -0.25) is 0 Å². The Labute approximate surface area is 95.7 Å². The van der Waals surface area contributed by atoms with Gasteiger partial charge in [0.25, 0.3) is 0 Å². The number of aromatic nitrogens is 1. The molecule has 78 valence electrons. The van der Waals surface area contributed by atoms with E-state index in [1.807, 2.05) is 6.07 Å². The summed E-state index contributed by atoms with van der Waals surface area (Å²) in [6.45, 7) is 0.307. The normalized spacial score (nSPS) is 10.6. The molecule has 0 bridgehead atoms. The second kappa shape index (κ2) is 4.26. The third-order valence-corrected chi connectivity index (χ3v) is 3.38. The van der Waals surface area contributed by atoms with Crippen molar-refractivity contribution in [1.82, 2.24) is 4.37 Å². The lowest BCUT2D eigenvalue weighted by atomic mass is 10.1. The van der Waals surface area contributed by atoms with Crippen LogP contribution in [0.2, 0.25) is 5.15 Å². The maximum atomic E-state index is 13.0. The summed E-state index contributed by atoms with van der Waals surface area (Å²) in [4.78, 5) is 0.835. The Morgan fingerprint density at radius 3 is 2.93 bits per heavy atom. The van der Waals surface area contributed by atoms with Crippen molar-refractivity contribution >= 4 is 23.1 Å². The van der Waals surface area contributed by atoms with Gasteiger partial charge in [0.1, 0.15) is 11.0 Å². The van der Waals surface area contributed by atoms with Crippen LogP contribution in [0.3, 0.4) is 0 Å². The molecule has 0 atom stereocenters. The Balaban J connectivity index is 2.54. The van der Waals surface area contributed by atoms with E-state index in [4.69, 9.17) is 17.3 Å². The molecule has 0 unspecified atom stereocenters. The van der Waals surface area contributed by atoms with Crippen LogP contribution in [0.5, 0.6) is 0 Å². The molecule has 0 fully saturated rings. The number of nitrogens with two attached hydrogens (primary N) is 1. The maximum Gasteiger partial charge on any atom is 0.147 e. The predicted octanol–water partition coefficient (Wildman–Crippen LogP) is 3.06. The largest absolute Gasteiger partial charge is 0.326 e. The number of hydrogen-bond acceptors (Lipinski definition) is 3. The van der Waals surface area contributed by atoms with E-state index in [1.54, 1.807) is 6.07 Å². The molecular weight excluding hydrogens is 235 g/mol. The summed E-state index contributed by atoms with van der Waals surface area (Å²) in [6, 6.07) is 6.31. The maximum absolute atomic E-state index is 13.0. The minimum atomic E-state index is -0.278. The van der Waals surface area contributed by atoms with Crippen LogP contribution in [0.4, 0.5) is 4.39 Å². The molecule has 15 heavy (non-hydrogen) atoms. The standard InChI is InChI=1S/C10H8ClFN2S/c11-10-8(5-13)9(15-14-10)6-2-1-3-7(12)4-6/h1-4H,5,13H2. The van der Waals surface area contributed by atoms with Crippen molar-refractivity contribution in [2.75, 3.05) is 0 Å². The number of rotatable bonds is 2. The molecule has 2 aromatic rings. The second-order valence-electron chi connectivity index (χ2n) is 3.00. The first-order valence-electron chi connectivity index (χ1n) is 4.32. The van der Waals surface area contributed by atoms with Crippen molar-refractivity contribution in [1.29, 1.82) is 0 Å². The highest BCUT2D eigenvalue weighted by atomic mass is 35.5. The average molecular weight is 243 g/mol. The van der Waals surface area contributed by atoms with Crippen LogP contribution in [0.15, 0.2) is 24.3 Å². The SMILES string of the molecule is NCc1c(Cl)nsc1-c1cccc(F)c1. The molecule has 0 aliphatic heterocycles. The van der Waals surface area contributed by atoms with Gasteiger partial charge in [0.05, 0.1) is 4.88 Å². The molecule has 0 radical (unpaired) electrons. The van der Waals surface area contributed by atoms with Crippen LogP contribution >= 0.6 is 23.1 Å². The van der Waals surface area contributed by atoms with Gasteiger partial charge in [0, 0.05) is 12.1 Å². The van der Waals surface area contributed by atoms with Crippen molar-refractivity contribution in [3.63, 3.8) is 0 Å². The van der Waals surface area contributed by atoms with Gasteiger partial charge in [-0.25, -0.2) is 4.39 Å². The molecule has 0 spiro atoms. The van der Waals surface area contributed by atoms with E-state index in [0.29, 0.717) is 11.7 Å². The molecule has 1 heterocycles. The lowest BCUT2D eigenvalue weighted by Gasteiger charge is -2.00. The van der Waals surface area contributed by atoms with Gasteiger partial charge >= 0.3 is 0 Å². The molecule has 2 nitrogen and oxygen atoms in total. The molecule has 0 aliphatic carbocycles. The van der Waals surface area contributed by atoms with E-state index in [9.17, 15) is 4.39 Å². The van der Waals surface area contributed by atoms with Gasteiger partial charge in [-0.1, -0.05) is 23.7 Å². The van der Waals surface area contributed by atoms with E-state index in [-0.39, 0.29) is 5.82 Å². The zero-order chi connectivity index (χ0) is 10.8.